The van der Waals surface area contributed by atoms with Crippen LogP contribution in [0.15, 0.2) is 0 Å². The van der Waals surface area contributed by atoms with E-state index >= 15 is 0 Å². The maximum absolute atomic E-state index is 12.2. The zero-order valence-corrected chi connectivity index (χ0v) is 12.7. The van der Waals surface area contributed by atoms with E-state index in [0.29, 0.717) is 29.1 Å². The summed E-state index contributed by atoms with van der Waals surface area (Å²) in [5.41, 5.74) is 0. The molecule has 0 unspecified atom stereocenters. The molecule has 20 heavy (non-hydrogen) atoms. The fraction of sp³-hybridized carbons (Fsp3) is 0.786. The van der Waals surface area contributed by atoms with Crippen molar-refractivity contribution in [1.29, 1.82) is 0 Å². The van der Waals surface area contributed by atoms with Crippen LogP contribution in [-0.4, -0.2) is 27.2 Å². The molecule has 0 spiro atoms. The van der Waals surface area contributed by atoms with Gasteiger partial charge in [0.2, 0.25) is 5.91 Å². The van der Waals surface area contributed by atoms with E-state index in [1.54, 1.807) is 0 Å². The summed E-state index contributed by atoms with van der Waals surface area (Å²) in [5.74, 6) is 2.82. The summed E-state index contributed by atoms with van der Waals surface area (Å²) in [6.07, 6.45) is 5.83. The standard InChI is InChI=1S/C14H22N4OS/c1-2-18-11(16-17-14(18)20)7-8-15-13(19)12-9-5-3-4-6-10(9)12/h9-10,12H,2-8H2,1H3,(H,15,19)(H,17,20)/t9-,10-/m0/s1. The van der Waals surface area contributed by atoms with E-state index in [1.807, 2.05) is 11.5 Å². The molecular weight excluding hydrogens is 272 g/mol. The van der Waals surface area contributed by atoms with E-state index in [-0.39, 0.29) is 5.91 Å². The lowest BCUT2D eigenvalue weighted by Crippen LogP contribution is -2.28. The van der Waals surface area contributed by atoms with Gasteiger partial charge in [0.1, 0.15) is 5.82 Å². The Morgan fingerprint density at radius 1 is 1.45 bits per heavy atom. The van der Waals surface area contributed by atoms with Crippen molar-refractivity contribution in [2.75, 3.05) is 6.54 Å². The van der Waals surface area contributed by atoms with Crippen LogP contribution in [0.2, 0.25) is 0 Å². The molecule has 0 radical (unpaired) electrons. The molecular formula is C14H22N4OS. The highest BCUT2D eigenvalue weighted by Gasteiger charge is 2.54. The summed E-state index contributed by atoms with van der Waals surface area (Å²) in [7, 11) is 0. The molecule has 2 aliphatic rings. The van der Waals surface area contributed by atoms with Crippen LogP contribution in [0.1, 0.15) is 38.4 Å². The van der Waals surface area contributed by atoms with Crippen LogP contribution in [0.3, 0.4) is 0 Å². The summed E-state index contributed by atoms with van der Waals surface area (Å²) in [6, 6.07) is 0. The largest absolute Gasteiger partial charge is 0.355 e. The summed E-state index contributed by atoms with van der Waals surface area (Å²) < 4.78 is 2.63. The Morgan fingerprint density at radius 3 is 2.80 bits per heavy atom. The molecule has 1 aromatic rings. The second kappa shape index (κ2) is 5.68. The minimum absolute atomic E-state index is 0.249. The van der Waals surface area contributed by atoms with E-state index in [0.717, 1.165) is 18.8 Å². The van der Waals surface area contributed by atoms with Gasteiger partial charge in [0.05, 0.1) is 0 Å². The Balaban J connectivity index is 1.48. The number of fused-ring (bicyclic) bond motifs is 1. The first kappa shape index (κ1) is 13.8. The molecule has 5 nitrogen and oxygen atoms in total. The van der Waals surface area contributed by atoms with Crippen molar-refractivity contribution >= 4 is 18.1 Å². The van der Waals surface area contributed by atoms with E-state index in [2.05, 4.69) is 15.5 Å². The summed E-state index contributed by atoms with van der Waals surface area (Å²) in [4.78, 5) is 12.2. The number of aromatic amines is 1. The minimum Gasteiger partial charge on any atom is -0.355 e. The maximum atomic E-state index is 12.2. The van der Waals surface area contributed by atoms with Crippen LogP contribution in [0.4, 0.5) is 0 Å². The lowest BCUT2D eigenvalue weighted by Gasteiger charge is -2.05. The Hall–Kier alpha value is -1.17. The topological polar surface area (TPSA) is 62.7 Å². The van der Waals surface area contributed by atoms with Crippen molar-refractivity contribution in [3.05, 3.63) is 10.6 Å². The molecule has 0 saturated heterocycles. The van der Waals surface area contributed by atoms with Gasteiger partial charge in [-0.05, 0) is 43.8 Å². The highest BCUT2D eigenvalue weighted by molar-refractivity contribution is 7.71. The van der Waals surface area contributed by atoms with Gasteiger partial charge < -0.3 is 9.88 Å². The van der Waals surface area contributed by atoms with E-state index in [4.69, 9.17) is 12.2 Å². The monoisotopic (exact) mass is 294 g/mol. The number of hydrogen-bond donors (Lipinski definition) is 2. The first-order valence-corrected chi connectivity index (χ1v) is 8.05. The minimum atomic E-state index is 0.249. The molecule has 2 aliphatic carbocycles. The van der Waals surface area contributed by atoms with Gasteiger partial charge >= 0.3 is 0 Å². The predicted octanol–water partition coefficient (Wildman–Crippen LogP) is 2.06. The second-order valence-corrected chi connectivity index (χ2v) is 6.25. The van der Waals surface area contributed by atoms with Crippen LogP contribution >= 0.6 is 12.2 Å². The number of H-pyrrole nitrogens is 1. The smallest absolute Gasteiger partial charge is 0.223 e. The zero-order valence-electron chi connectivity index (χ0n) is 11.9. The third-order valence-electron chi connectivity index (χ3n) is 4.76. The lowest BCUT2D eigenvalue weighted by atomic mass is 10.0. The van der Waals surface area contributed by atoms with Crippen molar-refractivity contribution in [2.24, 2.45) is 17.8 Å². The Morgan fingerprint density at radius 2 is 2.15 bits per heavy atom. The second-order valence-electron chi connectivity index (χ2n) is 5.87. The van der Waals surface area contributed by atoms with Gasteiger partial charge in [0.25, 0.3) is 0 Å². The molecule has 2 N–H and O–H groups in total. The van der Waals surface area contributed by atoms with Gasteiger partial charge in [-0.3, -0.25) is 9.89 Å². The summed E-state index contributed by atoms with van der Waals surface area (Å²) >= 11 is 5.15. The van der Waals surface area contributed by atoms with Crippen LogP contribution in [0.5, 0.6) is 0 Å². The molecule has 3 rings (SSSR count). The molecule has 6 heteroatoms. The third kappa shape index (κ3) is 2.53. The fourth-order valence-electron chi connectivity index (χ4n) is 3.66. The number of carbonyl (C=O) groups is 1. The van der Waals surface area contributed by atoms with Crippen LogP contribution in [0, 0.1) is 22.5 Å². The predicted molar refractivity (Wildman–Crippen MR) is 78.7 cm³/mol. The number of nitrogens with one attached hydrogen (secondary N) is 2. The van der Waals surface area contributed by atoms with Crippen molar-refractivity contribution in [2.45, 2.75) is 45.6 Å². The Kier molecular flexibility index (Phi) is 3.92. The van der Waals surface area contributed by atoms with Gasteiger partial charge in [0.15, 0.2) is 4.77 Å². The molecule has 0 aliphatic heterocycles. The fourth-order valence-corrected chi connectivity index (χ4v) is 3.94. The molecule has 1 heterocycles. The zero-order chi connectivity index (χ0) is 14.1. The molecule has 0 bridgehead atoms. The molecule has 2 fully saturated rings. The Labute approximate surface area is 124 Å². The highest BCUT2D eigenvalue weighted by Crippen LogP contribution is 2.55. The number of rotatable bonds is 5. The molecule has 2 atom stereocenters. The number of aromatic nitrogens is 3. The first-order chi connectivity index (χ1) is 9.72. The average molecular weight is 294 g/mol. The van der Waals surface area contributed by atoms with Crippen LogP contribution in [0.25, 0.3) is 0 Å². The van der Waals surface area contributed by atoms with E-state index in [1.165, 1.54) is 25.7 Å². The maximum Gasteiger partial charge on any atom is 0.223 e. The number of nitrogens with zero attached hydrogens (tertiary/aromatic N) is 2. The van der Waals surface area contributed by atoms with Crippen molar-refractivity contribution in [3.8, 4) is 0 Å². The molecule has 2 saturated carbocycles. The lowest BCUT2D eigenvalue weighted by molar-refractivity contribution is -0.122. The number of carbonyl (C=O) groups excluding carboxylic acids is 1. The van der Waals surface area contributed by atoms with Crippen LogP contribution in [-0.2, 0) is 17.8 Å². The van der Waals surface area contributed by atoms with Gasteiger partial charge in [0, 0.05) is 25.4 Å². The van der Waals surface area contributed by atoms with Gasteiger partial charge in [-0.25, -0.2) is 0 Å². The summed E-state index contributed by atoms with van der Waals surface area (Å²) in [6.45, 7) is 3.50. The molecule has 1 aromatic heterocycles. The van der Waals surface area contributed by atoms with Crippen molar-refractivity contribution < 1.29 is 4.79 Å². The van der Waals surface area contributed by atoms with E-state index < -0.39 is 0 Å². The molecule has 1 amide bonds. The Bertz CT molecular complexity index is 538. The molecule has 110 valence electrons. The van der Waals surface area contributed by atoms with Gasteiger partial charge in [-0.2, -0.15) is 5.10 Å². The molecule has 0 aromatic carbocycles. The third-order valence-corrected chi connectivity index (χ3v) is 5.07. The average Bonchev–Trinajstić information content (AvgIpc) is 3.09. The summed E-state index contributed by atoms with van der Waals surface area (Å²) in [5, 5.41) is 10.1. The van der Waals surface area contributed by atoms with Gasteiger partial charge in [-0.15, -0.1) is 0 Å². The first-order valence-electron chi connectivity index (χ1n) is 7.64. The van der Waals surface area contributed by atoms with Crippen LogP contribution < -0.4 is 5.32 Å². The van der Waals surface area contributed by atoms with Gasteiger partial charge in [-0.1, -0.05) is 12.8 Å². The van der Waals surface area contributed by atoms with E-state index in [9.17, 15) is 4.79 Å². The highest BCUT2D eigenvalue weighted by atomic mass is 32.1. The number of amides is 1. The number of hydrogen-bond acceptors (Lipinski definition) is 3. The quantitative estimate of drug-likeness (QED) is 0.817. The van der Waals surface area contributed by atoms with Crippen molar-refractivity contribution in [3.63, 3.8) is 0 Å². The van der Waals surface area contributed by atoms with Crippen molar-refractivity contribution in [1.82, 2.24) is 20.1 Å². The normalized spacial score (nSPS) is 27.9. The SMILES string of the molecule is CCn1c(CCNC(=O)C2[C@H]3CCCC[C@H]23)n[nH]c1=S.